The average Bonchev–Trinajstić information content (AvgIpc) is 2.47. The number of carbonyl (C=O) groups excluding carboxylic acids is 2. The van der Waals surface area contributed by atoms with Gasteiger partial charge in [-0.15, -0.1) is 0 Å². The third-order valence-electron chi connectivity index (χ3n) is 3.49. The molecule has 0 radical (unpaired) electrons. The highest BCUT2D eigenvalue weighted by molar-refractivity contribution is 9.10. The van der Waals surface area contributed by atoms with E-state index in [0.29, 0.717) is 38.2 Å². The van der Waals surface area contributed by atoms with Crippen molar-refractivity contribution >= 4 is 27.7 Å². The summed E-state index contributed by atoms with van der Waals surface area (Å²) < 4.78 is 0.814. The van der Waals surface area contributed by atoms with E-state index >= 15 is 0 Å². The zero-order valence-corrected chi connectivity index (χ0v) is 13.2. The summed E-state index contributed by atoms with van der Waals surface area (Å²) >= 11 is 3.41. The number of halogens is 1. The Morgan fingerprint density at radius 3 is 2.30 bits per heavy atom. The van der Waals surface area contributed by atoms with Gasteiger partial charge in [0, 0.05) is 37.1 Å². The zero-order valence-electron chi connectivity index (χ0n) is 11.6. The van der Waals surface area contributed by atoms with Crippen LogP contribution in [0.25, 0.3) is 0 Å². The van der Waals surface area contributed by atoms with Crippen LogP contribution in [0.15, 0.2) is 28.7 Å². The molecular formula is C15H19BrN2O2. The fraction of sp³-hybridized carbons (Fsp3) is 0.467. The first-order valence-corrected chi connectivity index (χ1v) is 7.74. The molecule has 5 heteroatoms. The molecule has 1 saturated heterocycles. The fourth-order valence-corrected chi connectivity index (χ4v) is 2.79. The highest BCUT2D eigenvalue weighted by Gasteiger charge is 2.25. The molecule has 1 aromatic rings. The van der Waals surface area contributed by atoms with Crippen LogP contribution in [0.5, 0.6) is 0 Å². The number of amides is 2. The van der Waals surface area contributed by atoms with E-state index in [1.165, 1.54) is 0 Å². The predicted molar refractivity (Wildman–Crippen MR) is 81.5 cm³/mol. The largest absolute Gasteiger partial charge is 0.339 e. The zero-order chi connectivity index (χ0) is 14.5. The molecular weight excluding hydrogens is 320 g/mol. The van der Waals surface area contributed by atoms with Gasteiger partial charge in [-0.25, -0.2) is 0 Å². The minimum atomic E-state index is 0.0278. The lowest BCUT2D eigenvalue weighted by molar-refractivity contribution is -0.132. The Balaban J connectivity index is 1.96. The van der Waals surface area contributed by atoms with Crippen LogP contribution in [0.1, 0.15) is 30.1 Å². The van der Waals surface area contributed by atoms with Gasteiger partial charge in [-0.3, -0.25) is 9.59 Å². The highest BCUT2D eigenvalue weighted by atomic mass is 79.9. The Hall–Kier alpha value is -1.36. The van der Waals surface area contributed by atoms with Gasteiger partial charge in [-0.2, -0.15) is 0 Å². The van der Waals surface area contributed by atoms with Gasteiger partial charge < -0.3 is 9.80 Å². The molecule has 1 aliphatic heterocycles. The van der Waals surface area contributed by atoms with Crippen LogP contribution in [0.4, 0.5) is 0 Å². The smallest absolute Gasteiger partial charge is 0.255 e. The summed E-state index contributed by atoms with van der Waals surface area (Å²) in [5.41, 5.74) is 0.681. The molecule has 1 aromatic carbocycles. The molecule has 0 bridgehead atoms. The van der Waals surface area contributed by atoms with E-state index in [2.05, 4.69) is 15.9 Å². The molecule has 108 valence electrons. The summed E-state index contributed by atoms with van der Waals surface area (Å²) in [4.78, 5) is 27.9. The molecule has 0 spiro atoms. The first-order chi connectivity index (χ1) is 9.63. The molecule has 1 aliphatic rings. The summed E-state index contributed by atoms with van der Waals surface area (Å²) in [6, 6.07) is 7.44. The van der Waals surface area contributed by atoms with Crippen molar-refractivity contribution in [2.45, 2.75) is 19.8 Å². The number of rotatable bonds is 3. The molecule has 0 N–H and O–H groups in total. The fourth-order valence-electron chi connectivity index (χ4n) is 2.34. The van der Waals surface area contributed by atoms with Crippen LogP contribution < -0.4 is 0 Å². The monoisotopic (exact) mass is 338 g/mol. The molecule has 0 aromatic heterocycles. The third kappa shape index (κ3) is 3.39. The van der Waals surface area contributed by atoms with E-state index in [1.54, 1.807) is 0 Å². The van der Waals surface area contributed by atoms with Crippen LogP contribution in [0.3, 0.4) is 0 Å². The Kier molecular flexibility index (Phi) is 5.17. The van der Waals surface area contributed by atoms with Crippen LogP contribution in [-0.2, 0) is 4.79 Å². The first-order valence-electron chi connectivity index (χ1n) is 6.95. The maximum absolute atomic E-state index is 12.4. The van der Waals surface area contributed by atoms with Crippen molar-refractivity contribution in [3.8, 4) is 0 Å². The van der Waals surface area contributed by atoms with Crippen LogP contribution >= 0.6 is 15.9 Å². The van der Waals surface area contributed by atoms with Crippen LogP contribution in [0.2, 0.25) is 0 Å². The molecule has 2 amide bonds. The molecule has 2 rings (SSSR count). The Morgan fingerprint density at radius 1 is 1.10 bits per heavy atom. The number of piperazine rings is 1. The maximum Gasteiger partial charge on any atom is 0.255 e. The Labute approximate surface area is 127 Å². The number of benzene rings is 1. The van der Waals surface area contributed by atoms with Gasteiger partial charge in [0.2, 0.25) is 5.91 Å². The second kappa shape index (κ2) is 6.88. The second-order valence-corrected chi connectivity index (χ2v) is 5.76. The van der Waals surface area contributed by atoms with E-state index < -0.39 is 0 Å². The normalized spacial score (nSPS) is 15.3. The molecule has 0 saturated carbocycles. The van der Waals surface area contributed by atoms with Gasteiger partial charge in [0.25, 0.3) is 5.91 Å². The van der Waals surface area contributed by atoms with Crippen molar-refractivity contribution in [2.24, 2.45) is 0 Å². The van der Waals surface area contributed by atoms with Crippen molar-refractivity contribution in [2.75, 3.05) is 26.2 Å². The van der Waals surface area contributed by atoms with E-state index in [9.17, 15) is 9.59 Å². The summed E-state index contributed by atoms with van der Waals surface area (Å²) in [7, 11) is 0. The molecule has 1 heterocycles. The molecule has 20 heavy (non-hydrogen) atoms. The average molecular weight is 339 g/mol. The Morgan fingerprint density at radius 2 is 1.70 bits per heavy atom. The molecule has 0 aliphatic carbocycles. The third-order valence-corrected chi connectivity index (χ3v) is 4.18. The maximum atomic E-state index is 12.4. The Bertz CT molecular complexity index is 496. The summed E-state index contributed by atoms with van der Waals surface area (Å²) in [5.74, 6) is 0.223. The second-order valence-electron chi connectivity index (χ2n) is 4.90. The van der Waals surface area contributed by atoms with Gasteiger partial charge in [0.15, 0.2) is 0 Å². The summed E-state index contributed by atoms with van der Waals surface area (Å²) in [6.07, 6.45) is 1.47. The van der Waals surface area contributed by atoms with Crippen molar-refractivity contribution < 1.29 is 9.59 Å². The first kappa shape index (κ1) is 15.0. The van der Waals surface area contributed by atoms with E-state index in [4.69, 9.17) is 0 Å². The lowest BCUT2D eigenvalue weighted by Gasteiger charge is -2.35. The van der Waals surface area contributed by atoms with Gasteiger partial charge in [-0.05, 0) is 34.5 Å². The number of hydrogen-bond donors (Lipinski definition) is 0. The van der Waals surface area contributed by atoms with Crippen molar-refractivity contribution in [1.82, 2.24) is 9.80 Å². The van der Waals surface area contributed by atoms with E-state index in [1.807, 2.05) is 41.0 Å². The minimum Gasteiger partial charge on any atom is -0.339 e. The molecule has 4 nitrogen and oxygen atoms in total. The highest BCUT2D eigenvalue weighted by Crippen LogP contribution is 2.18. The van der Waals surface area contributed by atoms with Crippen molar-refractivity contribution in [3.05, 3.63) is 34.3 Å². The molecule has 1 fully saturated rings. The minimum absolute atomic E-state index is 0.0278. The standard InChI is InChI=1S/C15H19BrN2O2/c1-2-5-14(19)17-8-10-18(11-9-17)15(20)12-6-3-4-7-13(12)16/h3-4,6-7H,2,5,8-11H2,1H3. The van der Waals surface area contributed by atoms with Crippen LogP contribution in [-0.4, -0.2) is 47.8 Å². The predicted octanol–water partition coefficient (Wildman–Crippen LogP) is 2.53. The molecule has 0 atom stereocenters. The number of carbonyl (C=O) groups is 2. The van der Waals surface area contributed by atoms with Gasteiger partial charge in [0.05, 0.1) is 5.56 Å². The van der Waals surface area contributed by atoms with Crippen molar-refractivity contribution in [3.63, 3.8) is 0 Å². The topological polar surface area (TPSA) is 40.6 Å². The number of nitrogens with zero attached hydrogens (tertiary/aromatic N) is 2. The van der Waals surface area contributed by atoms with Gasteiger partial charge in [-0.1, -0.05) is 19.1 Å². The SMILES string of the molecule is CCCC(=O)N1CCN(C(=O)c2ccccc2Br)CC1. The lowest BCUT2D eigenvalue weighted by atomic mass is 10.1. The summed E-state index contributed by atoms with van der Waals surface area (Å²) in [5, 5.41) is 0. The van der Waals surface area contributed by atoms with Crippen LogP contribution in [0, 0.1) is 0 Å². The van der Waals surface area contributed by atoms with Crippen molar-refractivity contribution in [1.29, 1.82) is 0 Å². The number of hydrogen-bond acceptors (Lipinski definition) is 2. The lowest BCUT2D eigenvalue weighted by Crippen LogP contribution is -2.50. The molecule has 0 unspecified atom stereocenters. The van der Waals surface area contributed by atoms with Gasteiger partial charge in [0.1, 0.15) is 0 Å². The van der Waals surface area contributed by atoms with E-state index in [0.717, 1.165) is 10.9 Å². The summed E-state index contributed by atoms with van der Waals surface area (Å²) in [6.45, 7) is 4.49. The quantitative estimate of drug-likeness (QED) is 0.849. The van der Waals surface area contributed by atoms with E-state index in [-0.39, 0.29) is 11.8 Å². The van der Waals surface area contributed by atoms with Gasteiger partial charge >= 0.3 is 0 Å².